The SMILES string of the molecule is CCOc1cccc(CNC2CC(NC(=O)OCc3ccccc3)C2)c1. The van der Waals surface area contributed by atoms with E-state index >= 15 is 0 Å². The van der Waals surface area contributed by atoms with Gasteiger partial charge in [0.2, 0.25) is 0 Å². The molecule has 2 aromatic rings. The van der Waals surface area contributed by atoms with E-state index in [9.17, 15) is 4.79 Å². The lowest BCUT2D eigenvalue weighted by Gasteiger charge is -2.36. The van der Waals surface area contributed by atoms with Gasteiger partial charge in [-0.05, 0) is 43.0 Å². The zero-order chi connectivity index (χ0) is 18.2. The van der Waals surface area contributed by atoms with Crippen LogP contribution in [0.5, 0.6) is 5.75 Å². The van der Waals surface area contributed by atoms with E-state index in [1.165, 1.54) is 5.56 Å². The van der Waals surface area contributed by atoms with Crippen LogP contribution in [0.15, 0.2) is 54.6 Å². The monoisotopic (exact) mass is 354 g/mol. The molecule has 0 radical (unpaired) electrons. The molecule has 0 heterocycles. The summed E-state index contributed by atoms with van der Waals surface area (Å²) in [7, 11) is 0. The molecule has 1 aliphatic carbocycles. The molecular weight excluding hydrogens is 328 g/mol. The Labute approximate surface area is 154 Å². The van der Waals surface area contributed by atoms with Gasteiger partial charge in [0.1, 0.15) is 12.4 Å². The van der Waals surface area contributed by atoms with Gasteiger partial charge in [0.15, 0.2) is 0 Å². The van der Waals surface area contributed by atoms with Crippen molar-refractivity contribution in [3.63, 3.8) is 0 Å². The van der Waals surface area contributed by atoms with E-state index in [0.29, 0.717) is 19.3 Å². The van der Waals surface area contributed by atoms with E-state index in [1.807, 2.05) is 49.4 Å². The van der Waals surface area contributed by atoms with Gasteiger partial charge >= 0.3 is 6.09 Å². The van der Waals surface area contributed by atoms with Crippen molar-refractivity contribution in [1.82, 2.24) is 10.6 Å². The fraction of sp³-hybridized carbons (Fsp3) is 0.381. The predicted molar refractivity (Wildman–Crippen MR) is 101 cm³/mol. The van der Waals surface area contributed by atoms with Crippen LogP contribution in [-0.2, 0) is 17.9 Å². The van der Waals surface area contributed by atoms with Gasteiger partial charge in [-0.3, -0.25) is 0 Å². The van der Waals surface area contributed by atoms with Crippen molar-refractivity contribution in [2.45, 2.75) is 45.0 Å². The van der Waals surface area contributed by atoms with Crippen LogP contribution in [0.2, 0.25) is 0 Å². The number of rotatable bonds is 8. The number of hydrogen-bond donors (Lipinski definition) is 2. The summed E-state index contributed by atoms with van der Waals surface area (Å²) in [6.45, 7) is 3.76. The number of hydrogen-bond acceptors (Lipinski definition) is 4. The third kappa shape index (κ3) is 5.49. The molecule has 0 atom stereocenters. The van der Waals surface area contributed by atoms with Crippen molar-refractivity contribution < 1.29 is 14.3 Å². The molecule has 3 rings (SSSR count). The van der Waals surface area contributed by atoms with Crippen LogP contribution in [0.1, 0.15) is 30.9 Å². The second-order valence-electron chi connectivity index (χ2n) is 6.53. The zero-order valence-electron chi connectivity index (χ0n) is 15.1. The molecule has 1 fully saturated rings. The first-order chi connectivity index (χ1) is 12.7. The number of carbonyl (C=O) groups excluding carboxylic acids is 1. The van der Waals surface area contributed by atoms with Crippen LogP contribution in [0.3, 0.4) is 0 Å². The Morgan fingerprint density at radius 1 is 1.04 bits per heavy atom. The molecule has 1 aliphatic rings. The summed E-state index contributed by atoms with van der Waals surface area (Å²) in [5.74, 6) is 0.904. The number of alkyl carbamates (subject to hydrolysis) is 1. The minimum Gasteiger partial charge on any atom is -0.494 e. The molecule has 0 bridgehead atoms. The van der Waals surface area contributed by atoms with Crippen molar-refractivity contribution >= 4 is 6.09 Å². The summed E-state index contributed by atoms with van der Waals surface area (Å²) in [4.78, 5) is 11.8. The summed E-state index contributed by atoms with van der Waals surface area (Å²) in [5.41, 5.74) is 2.19. The Kier molecular flexibility index (Phi) is 6.50. The highest BCUT2D eigenvalue weighted by molar-refractivity contribution is 5.67. The molecular formula is C21H26N2O3. The molecule has 0 unspecified atom stereocenters. The minimum absolute atomic E-state index is 0.186. The zero-order valence-corrected chi connectivity index (χ0v) is 15.1. The molecule has 1 saturated carbocycles. The average molecular weight is 354 g/mol. The molecule has 0 aromatic heterocycles. The molecule has 2 aromatic carbocycles. The maximum Gasteiger partial charge on any atom is 0.407 e. The Morgan fingerprint density at radius 3 is 2.58 bits per heavy atom. The number of amides is 1. The maximum atomic E-state index is 11.8. The highest BCUT2D eigenvalue weighted by Gasteiger charge is 2.30. The van der Waals surface area contributed by atoms with Gasteiger partial charge in [-0.2, -0.15) is 0 Å². The highest BCUT2D eigenvalue weighted by atomic mass is 16.5. The average Bonchev–Trinajstić information content (AvgIpc) is 2.63. The topological polar surface area (TPSA) is 59.6 Å². The Balaban J connectivity index is 1.31. The summed E-state index contributed by atoms with van der Waals surface area (Å²) in [6.07, 6.45) is 1.50. The number of carbonyl (C=O) groups is 1. The van der Waals surface area contributed by atoms with E-state index in [0.717, 1.165) is 30.7 Å². The third-order valence-corrected chi connectivity index (χ3v) is 4.48. The lowest BCUT2D eigenvalue weighted by molar-refractivity contribution is 0.125. The van der Waals surface area contributed by atoms with Gasteiger partial charge in [-0.25, -0.2) is 4.79 Å². The number of benzene rings is 2. The predicted octanol–water partition coefficient (Wildman–Crippen LogP) is 3.63. The van der Waals surface area contributed by atoms with Gasteiger partial charge in [0, 0.05) is 18.6 Å². The van der Waals surface area contributed by atoms with E-state index < -0.39 is 0 Å². The molecule has 0 spiro atoms. The molecule has 138 valence electrons. The summed E-state index contributed by atoms with van der Waals surface area (Å²) in [5, 5.41) is 6.44. The van der Waals surface area contributed by atoms with Crippen LogP contribution in [-0.4, -0.2) is 24.8 Å². The van der Waals surface area contributed by atoms with E-state index in [-0.39, 0.29) is 12.1 Å². The molecule has 0 saturated heterocycles. The first-order valence-electron chi connectivity index (χ1n) is 9.15. The number of ether oxygens (including phenoxy) is 2. The summed E-state index contributed by atoms with van der Waals surface area (Å²) >= 11 is 0. The standard InChI is InChI=1S/C21H26N2O3/c1-2-25-20-10-6-9-17(11-20)14-22-18-12-19(13-18)23-21(24)26-15-16-7-4-3-5-8-16/h3-11,18-19,22H,2,12-15H2,1H3,(H,23,24). The van der Waals surface area contributed by atoms with Crippen LogP contribution in [0.4, 0.5) is 4.79 Å². The maximum absolute atomic E-state index is 11.8. The number of nitrogens with one attached hydrogen (secondary N) is 2. The van der Waals surface area contributed by atoms with Crippen molar-refractivity contribution in [3.05, 3.63) is 65.7 Å². The molecule has 2 N–H and O–H groups in total. The van der Waals surface area contributed by atoms with E-state index in [2.05, 4.69) is 22.8 Å². The Morgan fingerprint density at radius 2 is 1.81 bits per heavy atom. The van der Waals surface area contributed by atoms with E-state index in [4.69, 9.17) is 9.47 Å². The molecule has 5 heteroatoms. The first-order valence-corrected chi connectivity index (χ1v) is 9.15. The smallest absolute Gasteiger partial charge is 0.407 e. The fourth-order valence-electron chi connectivity index (χ4n) is 3.01. The van der Waals surface area contributed by atoms with Gasteiger partial charge in [0.05, 0.1) is 6.61 Å². The molecule has 1 amide bonds. The lowest BCUT2D eigenvalue weighted by Crippen LogP contribution is -2.52. The van der Waals surface area contributed by atoms with Gasteiger partial charge in [-0.1, -0.05) is 42.5 Å². The summed E-state index contributed by atoms with van der Waals surface area (Å²) in [6, 6.07) is 18.4. The van der Waals surface area contributed by atoms with Crippen molar-refractivity contribution in [2.24, 2.45) is 0 Å². The quantitative estimate of drug-likeness (QED) is 0.760. The first kappa shape index (κ1) is 18.3. The Hall–Kier alpha value is -2.53. The Bertz CT molecular complexity index is 699. The van der Waals surface area contributed by atoms with Gasteiger partial charge < -0.3 is 20.1 Å². The van der Waals surface area contributed by atoms with Crippen molar-refractivity contribution in [3.8, 4) is 5.75 Å². The lowest BCUT2D eigenvalue weighted by atomic mass is 9.87. The van der Waals surface area contributed by atoms with Gasteiger partial charge in [0.25, 0.3) is 0 Å². The molecule has 0 aliphatic heterocycles. The van der Waals surface area contributed by atoms with Gasteiger partial charge in [-0.15, -0.1) is 0 Å². The van der Waals surface area contributed by atoms with Crippen LogP contribution >= 0.6 is 0 Å². The molecule has 5 nitrogen and oxygen atoms in total. The van der Waals surface area contributed by atoms with E-state index in [1.54, 1.807) is 0 Å². The highest BCUT2D eigenvalue weighted by Crippen LogP contribution is 2.21. The summed E-state index contributed by atoms with van der Waals surface area (Å²) < 4.78 is 10.8. The van der Waals surface area contributed by atoms with Crippen LogP contribution in [0.25, 0.3) is 0 Å². The fourth-order valence-corrected chi connectivity index (χ4v) is 3.01. The normalized spacial score (nSPS) is 18.7. The largest absolute Gasteiger partial charge is 0.494 e. The van der Waals surface area contributed by atoms with Crippen LogP contribution < -0.4 is 15.4 Å². The second-order valence-corrected chi connectivity index (χ2v) is 6.53. The van der Waals surface area contributed by atoms with Crippen LogP contribution in [0, 0.1) is 0 Å². The second kappa shape index (κ2) is 9.25. The van der Waals surface area contributed by atoms with Crippen molar-refractivity contribution in [2.75, 3.05) is 6.61 Å². The minimum atomic E-state index is -0.346. The third-order valence-electron chi connectivity index (χ3n) is 4.48. The van der Waals surface area contributed by atoms with Crippen molar-refractivity contribution in [1.29, 1.82) is 0 Å². The molecule has 26 heavy (non-hydrogen) atoms.